The largest absolute Gasteiger partial charge is 0.497 e. The number of esters is 1. The summed E-state index contributed by atoms with van der Waals surface area (Å²) in [5, 5.41) is 12.0. The second-order valence-electron chi connectivity index (χ2n) is 5.21. The second kappa shape index (κ2) is 8.87. The van der Waals surface area contributed by atoms with Gasteiger partial charge in [0.05, 0.1) is 29.9 Å². The summed E-state index contributed by atoms with van der Waals surface area (Å²) in [7, 11) is -2.56. The van der Waals surface area contributed by atoms with E-state index in [1.54, 1.807) is 31.2 Å². The van der Waals surface area contributed by atoms with E-state index in [0.29, 0.717) is 11.4 Å². The van der Waals surface area contributed by atoms with Crippen LogP contribution in [0.25, 0.3) is 0 Å². The standard InChI is InChI=1S/C19H18N2O5S/c1-3-26-19(22)17-6-4-5-7-18(17)21-13-16(12-20)27(23,24)15-10-8-14(25-2)9-11-15/h4-11,13,21H,3H2,1-2H3/b16-13-. The van der Waals surface area contributed by atoms with E-state index >= 15 is 0 Å². The third kappa shape index (κ3) is 4.65. The fourth-order valence-electron chi connectivity index (χ4n) is 2.19. The van der Waals surface area contributed by atoms with Crippen molar-refractivity contribution in [3.63, 3.8) is 0 Å². The van der Waals surface area contributed by atoms with Crippen LogP contribution in [0.1, 0.15) is 17.3 Å². The zero-order valence-corrected chi connectivity index (χ0v) is 15.6. The lowest BCUT2D eigenvalue weighted by molar-refractivity contribution is 0.0527. The Kier molecular flexibility index (Phi) is 6.57. The first kappa shape index (κ1) is 20.0. The normalized spacial score (nSPS) is 11.4. The van der Waals surface area contributed by atoms with Crippen LogP contribution in [0.15, 0.2) is 64.5 Å². The number of methoxy groups -OCH3 is 1. The Labute approximate surface area is 157 Å². The third-order valence-electron chi connectivity index (χ3n) is 3.55. The van der Waals surface area contributed by atoms with Crippen molar-refractivity contribution in [1.29, 1.82) is 5.26 Å². The van der Waals surface area contributed by atoms with E-state index in [-0.39, 0.29) is 17.1 Å². The quantitative estimate of drug-likeness (QED) is 0.575. The Balaban J connectivity index is 2.34. The topological polar surface area (TPSA) is 105 Å². The molecule has 0 amide bonds. The number of nitriles is 1. The molecule has 0 unspecified atom stereocenters. The fraction of sp³-hybridized carbons (Fsp3) is 0.158. The minimum Gasteiger partial charge on any atom is -0.497 e. The van der Waals surface area contributed by atoms with Gasteiger partial charge in [0.15, 0.2) is 4.91 Å². The first-order valence-electron chi connectivity index (χ1n) is 7.96. The monoisotopic (exact) mass is 386 g/mol. The number of rotatable bonds is 7. The highest BCUT2D eigenvalue weighted by atomic mass is 32.2. The lowest BCUT2D eigenvalue weighted by Gasteiger charge is -2.09. The van der Waals surface area contributed by atoms with E-state index in [2.05, 4.69) is 5.32 Å². The van der Waals surface area contributed by atoms with Crippen LogP contribution < -0.4 is 10.1 Å². The number of sulfone groups is 1. The van der Waals surface area contributed by atoms with Gasteiger partial charge >= 0.3 is 5.97 Å². The molecule has 1 N–H and O–H groups in total. The summed E-state index contributed by atoms with van der Waals surface area (Å²) in [6, 6.07) is 13.8. The molecule has 140 valence electrons. The molecule has 8 heteroatoms. The van der Waals surface area contributed by atoms with Crippen LogP contribution in [0.2, 0.25) is 0 Å². The number of hydrogen-bond donors (Lipinski definition) is 1. The van der Waals surface area contributed by atoms with Gasteiger partial charge in [-0.3, -0.25) is 0 Å². The van der Waals surface area contributed by atoms with Crippen LogP contribution in [-0.2, 0) is 14.6 Å². The third-order valence-corrected chi connectivity index (χ3v) is 5.23. The minimum atomic E-state index is -4.02. The van der Waals surface area contributed by atoms with Gasteiger partial charge in [-0.25, -0.2) is 13.2 Å². The zero-order valence-electron chi connectivity index (χ0n) is 14.8. The van der Waals surface area contributed by atoms with E-state index in [1.807, 2.05) is 0 Å². The zero-order chi connectivity index (χ0) is 19.9. The van der Waals surface area contributed by atoms with Crippen molar-refractivity contribution in [2.45, 2.75) is 11.8 Å². The molecule has 0 aliphatic carbocycles. The molecule has 2 rings (SSSR count). The molecule has 2 aromatic rings. The van der Waals surface area contributed by atoms with Crippen molar-refractivity contribution in [2.75, 3.05) is 19.0 Å². The summed E-state index contributed by atoms with van der Waals surface area (Å²) in [5.74, 6) is -0.0524. The number of allylic oxidation sites excluding steroid dienone is 1. The Morgan fingerprint density at radius 3 is 2.44 bits per heavy atom. The van der Waals surface area contributed by atoms with Gasteiger partial charge in [-0.1, -0.05) is 12.1 Å². The van der Waals surface area contributed by atoms with E-state index in [1.165, 1.54) is 37.4 Å². The number of carbonyl (C=O) groups is 1. The maximum atomic E-state index is 12.6. The fourth-order valence-corrected chi connectivity index (χ4v) is 3.27. The maximum absolute atomic E-state index is 12.6. The molecule has 0 atom stereocenters. The lowest BCUT2D eigenvalue weighted by Crippen LogP contribution is -2.09. The number of para-hydroxylation sites is 1. The van der Waals surface area contributed by atoms with Crippen molar-refractivity contribution >= 4 is 21.5 Å². The molecule has 0 saturated carbocycles. The second-order valence-corrected chi connectivity index (χ2v) is 7.13. The van der Waals surface area contributed by atoms with Gasteiger partial charge in [-0.2, -0.15) is 5.26 Å². The number of nitrogens with zero attached hydrogens (tertiary/aromatic N) is 1. The average Bonchev–Trinajstić information content (AvgIpc) is 2.68. The first-order chi connectivity index (χ1) is 12.9. The number of ether oxygens (including phenoxy) is 2. The number of carbonyl (C=O) groups excluding carboxylic acids is 1. The molecular weight excluding hydrogens is 368 g/mol. The predicted octanol–water partition coefficient (Wildman–Crippen LogP) is 3.12. The van der Waals surface area contributed by atoms with Crippen LogP contribution in [0.5, 0.6) is 5.75 Å². The number of anilines is 1. The molecule has 0 spiro atoms. The Hall–Kier alpha value is -3.31. The average molecular weight is 386 g/mol. The molecule has 0 heterocycles. The van der Waals surface area contributed by atoms with Gasteiger partial charge in [0.25, 0.3) is 0 Å². The van der Waals surface area contributed by atoms with Crippen molar-refractivity contribution in [3.8, 4) is 11.8 Å². The number of benzene rings is 2. The van der Waals surface area contributed by atoms with Gasteiger partial charge in [0.2, 0.25) is 9.84 Å². The summed E-state index contributed by atoms with van der Waals surface area (Å²) in [6.45, 7) is 1.89. The Bertz CT molecular complexity index is 990. The highest BCUT2D eigenvalue weighted by Gasteiger charge is 2.21. The van der Waals surface area contributed by atoms with E-state index < -0.39 is 20.7 Å². The SMILES string of the molecule is CCOC(=O)c1ccccc1N/C=C(/C#N)S(=O)(=O)c1ccc(OC)cc1. The molecule has 0 radical (unpaired) electrons. The van der Waals surface area contributed by atoms with Gasteiger partial charge in [-0.15, -0.1) is 0 Å². The van der Waals surface area contributed by atoms with Crippen LogP contribution in [-0.4, -0.2) is 28.1 Å². The Morgan fingerprint density at radius 2 is 1.85 bits per heavy atom. The molecule has 0 bridgehead atoms. The van der Waals surface area contributed by atoms with Crippen LogP contribution in [0.4, 0.5) is 5.69 Å². The minimum absolute atomic E-state index is 0.0448. The van der Waals surface area contributed by atoms with Gasteiger partial charge in [-0.05, 0) is 43.3 Å². The van der Waals surface area contributed by atoms with Crippen molar-refractivity contribution < 1.29 is 22.7 Å². The molecule has 0 aliphatic rings. The summed E-state index contributed by atoms with van der Waals surface area (Å²) >= 11 is 0. The highest BCUT2D eigenvalue weighted by molar-refractivity contribution is 7.95. The molecule has 27 heavy (non-hydrogen) atoms. The van der Waals surface area contributed by atoms with Gasteiger partial charge in [0, 0.05) is 6.20 Å². The van der Waals surface area contributed by atoms with Crippen LogP contribution in [0.3, 0.4) is 0 Å². The summed E-state index contributed by atoms with van der Waals surface area (Å²) in [5.41, 5.74) is 0.559. The summed E-state index contributed by atoms with van der Waals surface area (Å²) in [6.07, 6.45) is 1.05. The van der Waals surface area contributed by atoms with Crippen molar-refractivity contribution in [1.82, 2.24) is 0 Å². The Morgan fingerprint density at radius 1 is 1.19 bits per heavy atom. The van der Waals surface area contributed by atoms with E-state index in [0.717, 1.165) is 6.20 Å². The van der Waals surface area contributed by atoms with E-state index in [9.17, 15) is 18.5 Å². The number of nitrogens with one attached hydrogen (secondary N) is 1. The van der Waals surface area contributed by atoms with Gasteiger partial charge in [0.1, 0.15) is 11.8 Å². The molecule has 0 fully saturated rings. The first-order valence-corrected chi connectivity index (χ1v) is 9.44. The van der Waals surface area contributed by atoms with Gasteiger partial charge < -0.3 is 14.8 Å². The van der Waals surface area contributed by atoms with Crippen LogP contribution in [0, 0.1) is 11.3 Å². The smallest absolute Gasteiger partial charge is 0.340 e. The summed E-state index contributed by atoms with van der Waals surface area (Å²) < 4.78 is 35.2. The molecule has 0 aromatic heterocycles. The summed E-state index contributed by atoms with van der Waals surface area (Å²) in [4.78, 5) is 11.4. The molecule has 0 saturated heterocycles. The van der Waals surface area contributed by atoms with Crippen molar-refractivity contribution in [2.24, 2.45) is 0 Å². The molecule has 7 nitrogen and oxygen atoms in total. The molecular formula is C19H18N2O5S. The van der Waals surface area contributed by atoms with E-state index in [4.69, 9.17) is 9.47 Å². The molecule has 0 aliphatic heterocycles. The highest BCUT2D eigenvalue weighted by Crippen LogP contribution is 2.23. The number of hydrogen-bond acceptors (Lipinski definition) is 7. The molecule has 2 aromatic carbocycles. The van der Waals surface area contributed by atoms with Crippen LogP contribution >= 0.6 is 0 Å². The van der Waals surface area contributed by atoms with Crippen molar-refractivity contribution in [3.05, 3.63) is 65.2 Å². The maximum Gasteiger partial charge on any atom is 0.340 e. The predicted molar refractivity (Wildman–Crippen MR) is 99.9 cm³/mol. The lowest BCUT2D eigenvalue weighted by atomic mass is 10.2.